The number of esters is 2. The van der Waals surface area contributed by atoms with Gasteiger partial charge in [-0.2, -0.15) is 0 Å². The molecular formula is C14H13NO3. The minimum atomic E-state index is -0.619. The Bertz CT molecular complexity index is 541. The molecule has 2 aromatic rings. The number of aromatic nitrogens is 1. The van der Waals surface area contributed by atoms with Gasteiger partial charge in [-0.05, 0) is 31.2 Å². The molecule has 92 valence electrons. The van der Waals surface area contributed by atoms with Crippen LogP contribution in [0, 0.1) is 6.92 Å². The van der Waals surface area contributed by atoms with Gasteiger partial charge in [0.1, 0.15) is 0 Å². The van der Waals surface area contributed by atoms with Crippen LogP contribution in [0.2, 0.25) is 0 Å². The summed E-state index contributed by atoms with van der Waals surface area (Å²) >= 11 is 0. The van der Waals surface area contributed by atoms with Crippen molar-refractivity contribution in [2.24, 2.45) is 0 Å². The van der Waals surface area contributed by atoms with Crippen LogP contribution in [0.3, 0.4) is 0 Å². The lowest BCUT2D eigenvalue weighted by Crippen LogP contribution is -2.14. The maximum absolute atomic E-state index is 11.6. The van der Waals surface area contributed by atoms with E-state index in [1.54, 1.807) is 42.6 Å². The molecule has 0 fully saturated rings. The molecule has 0 saturated heterocycles. The molecule has 0 aliphatic heterocycles. The average Bonchev–Trinajstić information content (AvgIpc) is 2.82. The summed E-state index contributed by atoms with van der Waals surface area (Å²) in [6.07, 6.45) is 1.77. The smallest absolute Gasteiger partial charge is 0.345 e. The number of aryl methyl sites for hydroxylation is 1. The summed E-state index contributed by atoms with van der Waals surface area (Å²) in [5, 5.41) is 0. The van der Waals surface area contributed by atoms with Gasteiger partial charge in [-0.1, -0.05) is 17.7 Å². The van der Waals surface area contributed by atoms with Crippen LogP contribution in [-0.4, -0.2) is 16.9 Å². The van der Waals surface area contributed by atoms with E-state index in [1.807, 2.05) is 6.92 Å². The fourth-order valence-electron chi connectivity index (χ4n) is 1.52. The first-order valence-corrected chi connectivity index (χ1v) is 5.59. The molecule has 1 N–H and O–H groups in total. The zero-order chi connectivity index (χ0) is 13.0. The SMILES string of the molecule is Cc1ccc(C(=O)OC(=O)Cc2ccc[nH]2)cc1. The van der Waals surface area contributed by atoms with Crippen LogP contribution >= 0.6 is 0 Å². The highest BCUT2D eigenvalue weighted by Gasteiger charge is 2.13. The largest absolute Gasteiger partial charge is 0.389 e. The average molecular weight is 243 g/mol. The predicted molar refractivity (Wildman–Crippen MR) is 66.1 cm³/mol. The summed E-state index contributed by atoms with van der Waals surface area (Å²) in [7, 11) is 0. The zero-order valence-electron chi connectivity index (χ0n) is 9.97. The highest BCUT2D eigenvalue weighted by molar-refractivity contribution is 5.97. The van der Waals surface area contributed by atoms with Gasteiger partial charge in [-0.3, -0.25) is 4.79 Å². The molecule has 0 bridgehead atoms. The third kappa shape index (κ3) is 3.07. The summed E-state index contributed by atoms with van der Waals surface area (Å²) in [4.78, 5) is 26.0. The summed E-state index contributed by atoms with van der Waals surface area (Å²) in [6, 6.07) is 10.4. The first kappa shape index (κ1) is 12.1. The molecule has 0 radical (unpaired) electrons. The molecule has 2 rings (SSSR count). The first-order chi connectivity index (χ1) is 8.65. The summed E-state index contributed by atoms with van der Waals surface area (Å²) in [6.45, 7) is 1.92. The molecule has 4 nitrogen and oxygen atoms in total. The van der Waals surface area contributed by atoms with Crippen LogP contribution in [0.4, 0.5) is 0 Å². The molecule has 0 saturated carbocycles. The standard InChI is InChI=1S/C14H13NO3/c1-10-4-6-11(7-5-10)14(17)18-13(16)9-12-3-2-8-15-12/h2-8,15H,9H2,1H3. The Balaban J connectivity index is 1.95. The van der Waals surface area contributed by atoms with Crippen LogP contribution in [0.1, 0.15) is 21.6 Å². The van der Waals surface area contributed by atoms with E-state index in [4.69, 9.17) is 4.74 Å². The second-order valence-corrected chi connectivity index (χ2v) is 4.00. The van der Waals surface area contributed by atoms with Crippen LogP contribution in [0.5, 0.6) is 0 Å². The van der Waals surface area contributed by atoms with Crippen molar-refractivity contribution in [2.45, 2.75) is 13.3 Å². The van der Waals surface area contributed by atoms with Crippen LogP contribution < -0.4 is 0 Å². The number of hydrogen-bond acceptors (Lipinski definition) is 3. The van der Waals surface area contributed by atoms with Crippen molar-refractivity contribution < 1.29 is 14.3 Å². The molecule has 0 amide bonds. The molecule has 0 spiro atoms. The monoisotopic (exact) mass is 243 g/mol. The lowest BCUT2D eigenvalue weighted by Gasteiger charge is -2.02. The minimum Gasteiger partial charge on any atom is -0.389 e. The lowest BCUT2D eigenvalue weighted by molar-refractivity contribution is -0.137. The van der Waals surface area contributed by atoms with Gasteiger partial charge < -0.3 is 9.72 Å². The number of rotatable bonds is 3. The number of H-pyrrole nitrogens is 1. The fourth-order valence-corrected chi connectivity index (χ4v) is 1.52. The van der Waals surface area contributed by atoms with E-state index in [2.05, 4.69) is 4.98 Å². The van der Waals surface area contributed by atoms with Gasteiger partial charge in [-0.25, -0.2) is 4.79 Å². The molecule has 1 aromatic heterocycles. The molecule has 1 heterocycles. The molecule has 1 aromatic carbocycles. The first-order valence-electron chi connectivity index (χ1n) is 5.59. The summed E-state index contributed by atoms with van der Waals surface area (Å²) in [5.41, 5.74) is 2.14. The van der Waals surface area contributed by atoms with Crippen molar-refractivity contribution in [3.05, 3.63) is 59.4 Å². The zero-order valence-corrected chi connectivity index (χ0v) is 9.97. The van der Waals surface area contributed by atoms with Crippen molar-refractivity contribution in [1.29, 1.82) is 0 Å². The Morgan fingerprint density at radius 1 is 1.17 bits per heavy atom. The van der Waals surface area contributed by atoms with Gasteiger partial charge >= 0.3 is 11.9 Å². The third-order valence-corrected chi connectivity index (χ3v) is 2.49. The number of carbonyl (C=O) groups is 2. The molecular weight excluding hydrogens is 230 g/mol. The van der Waals surface area contributed by atoms with E-state index in [-0.39, 0.29) is 6.42 Å². The number of carbonyl (C=O) groups excluding carboxylic acids is 2. The quantitative estimate of drug-likeness (QED) is 0.664. The van der Waals surface area contributed by atoms with Crippen molar-refractivity contribution >= 4 is 11.9 Å². The molecule has 4 heteroatoms. The fraction of sp³-hybridized carbons (Fsp3) is 0.143. The Kier molecular flexibility index (Phi) is 3.57. The molecule has 0 aliphatic carbocycles. The normalized spacial score (nSPS) is 10.1. The van der Waals surface area contributed by atoms with E-state index in [0.29, 0.717) is 5.56 Å². The van der Waals surface area contributed by atoms with E-state index in [1.165, 1.54) is 0 Å². The number of nitrogens with one attached hydrogen (secondary N) is 1. The van der Waals surface area contributed by atoms with Gasteiger partial charge in [-0.15, -0.1) is 0 Å². The predicted octanol–water partition coefficient (Wildman–Crippen LogP) is 2.25. The second kappa shape index (κ2) is 5.31. The molecule has 0 unspecified atom stereocenters. The van der Waals surface area contributed by atoms with Crippen LogP contribution in [0.15, 0.2) is 42.6 Å². The van der Waals surface area contributed by atoms with E-state index in [9.17, 15) is 9.59 Å². The Morgan fingerprint density at radius 3 is 2.50 bits per heavy atom. The van der Waals surface area contributed by atoms with Crippen molar-refractivity contribution in [2.75, 3.05) is 0 Å². The van der Waals surface area contributed by atoms with Crippen molar-refractivity contribution in [3.8, 4) is 0 Å². The highest BCUT2D eigenvalue weighted by atomic mass is 16.6. The van der Waals surface area contributed by atoms with Gasteiger partial charge in [0.15, 0.2) is 0 Å². The number of ether oxygens (including phenoxy) is 1. The van der Waals surface area contributed by atoms with Crippen LogP contribution in [-0.2, 0) is 16.0 Å². The Labute approximate surface area is 105 Å². The van der Waals surface area contributed by atoms with Gasteiger partial charge in [0, 0.05) is 11.9 Å². The van der Waals surface area contributed by atoms with Gasteiger partial charge in [0.05, 0.1) is 12.0 Å². The topological polar surface area (TPSA) is 59.2 Å². The van der Waals surface area contributed by atoms with E-state index < -0.39 is 11.9 Å². The maximum atomic E-state index is 11.6. The number of aromatic amines is 1. The molecule has 0 atom stereocenters. The van der Waals surface area contributed by atoms with E-state index >= 15 is 0 Å². The second-order valence-electron chi connectivity index (χ2n) is 4.00. The van der Waals surface area contributed by atoms with Crippen LogP contribution in [0.25, 0.3) is 0 Å². The number of benzene rings is 1. The minimum absolute atomic E-state index is 0.0601. The van der Waals surface area contributed by atoms with Crippen molar-refractivity contribution in [1.82, 2.24) is 4.98 Å². The maximum Gasteiger partial charge on any atom is 0.345 e. The summed E-state index contributed by atoms with van der Waals surface area (Å²) < 4.78 is 4.75. The third-order valence-electron chi connectivity index (χ3n) is 2.49. The Hall–Kier alpha value is -2.36. The molecule has 0 aliphatic rings. The van der Waals surface area contributed by atoms with E-state index in [0.717, 1.165) is 11.3 Å². The van der Waals surface area contributed by atoms with Crippen molar-refractivity contribution in [3.63, 3.8) is 0 Å². The Morgan fingerprint density at radius 2 is 1.89 bits per heavy atom. The number of hydrogen-bond donors (Lipinski definition) is 1. The lowest BCUT2D eigenvalue weighted by atomic mass is 10.1. The van der Waals surface area contributed by atoms with Gasteiger partial charge in [0.25, 0.3) is 0 Å². The highest BCUT2D eigenvalue weighted by Crippen LogP contribution is 2.06. The van der Waals surface area contributed by atoms with Gasteiger partial charge in [0.2, 0.25) is 0 Å². The molecule has 18 heavy (non-hydrogen) atoms. The summed E-state index contributed by atoms with van der Waals surface area (Å²) in [5.74, 6) is -1.19.